The van der Waals surface area contributed by atoms with Gasteiger partial charge in [-0.1, -0.05) is 44.7 Å². The predicted octanol–water partition coefficient (Wildman–Crippen LogP) is 5.97. The van der Waals surface area contributed by atoms with Gasteiger partial charge in [-0.15, -0.1) is 11.3 Å². The highest BCUT2D eigenvalue weighted by atomic mass is 35.5. The summed E-state index contributed by atoms with van der Waals surface area (Å²) in [5.41, 5.74) is 1.23. The van der Waals surface area contributed by atoms with Gasteiger partial charge in [-0.2, -0.15) is 0 Å². The second kappa shape index (κ2) is 7.82. The summed E-state index contributed by atoms with van der Waals surface area (Å²) in [6, 6.07) is 0.471. The highest BCUT2D eigenvalue weighted by Gasteiger charge is 2.30. The summed E-state index contributed by atoms with van der Waals surface area (Å²) in [4.78, 5) is 1.37. The van der Waals surface area contributed by atoms with Crippen LogP contribution in [0.1, 0.15) is 68.9 Å². The number of rotatable bonds is 6. The first-order chi connectivity index (χ1) is 9.67. The van der Waals surface area contributed by atoms with Gasteiger partial charge < -0.3 is 5.32 Å². The normalized spacial score (nSPS) is 24.8. The Morgan fingerprint density at radius 1 is 1.30 bits per heavy atom. The van der Waals surface area contributed by atoms with Crippen LogP contribution in [0, 0.1) is 18.8 Å². The van der Waals surface area contributed by atoms with Crippen LogP contribution in [0.5, 0.6) is 0 Å². The Labute approximate surface area is 133 Å². The fourth-order valence-corrected chi connectivity index (χ4v) is 4.84. The topological polar surface area (TPSA) is 12.0 Å². The molecule has 0 aromatic carbocycles. The first-order valence-corrected chi connectivity index (χ1v) is 9.39. The lowest BCUT2D eigenvalue weighted by Gasteiger charge is -2.34. The minimum Gasteiger partial charge on any atom is -0.309 e. The smallest absolute Gasteiger partial charge is 0.0590 e. The summed E-state index contributed by atoms with van der Waals surface area (Å²) in [5.74, 6) is 1.72. The van der Waals surface area contributed by atoms with E-state index in [2.05, 4.69) is 31.5 Å². The molecular formula is C17H28ClNS. The van der Waals surface area contributed by atoms with E-state index in [9.17, 15) is 0 Å². The molecule has 1 heterocycles. The van der Waals surface area contributed by atoms with Crippen LogP contribution in [-0.2, 0) is 0 Å². The maximum absolute atomic E-state index is 6.53. The average Bonchev–Trinajstić information content (AvgIpc) is 2.81. The van der Waals surface area contributed by atoms with E-state index in [1.165, 1.54) is 49.0 Å². The standard InChI is InChI=1S/C17H28ClNS/c1-4-10-19-16(17-15(18)12(3)11-20-17)14-8-6-13(5-2)7-9-14/h11,13-14,16,19H,4-10H2,1-3H3. The molecule has 3 heteroatoms. The molecule has 1 atom stereocenters. The van der Waals surface area contributed by atoms with Gasteiger partial charge in [0.1, 0.15) is 0 Å². The fraction of sp³-hybridized carbons (Fsp3) is 0.765. The van der Waals surface area contributed by atoms with E-state index in [-0.39, 0.29) is 0 Å². The Balaban J connectivity index is 2.10. The number of nitrogens with one attached hydrogen (secondary N) is 1. The maximum atomic E-state index is 6.53. The van der Waals surface area contributed by atoms with Gasteiger partial charge in [0.05, 0.1) is 5.02 Å². The maximum Gasteiger partial charge on any atom is 0.0590 e. The largest absolute Gasteiger partial charge is 0.309 e. The molecule has 2 rings (SSSR count). The van der Waals surface area contributed by atoms with Gasteiger partial charge in [-0.25, -0.2) is 0 Å². The van der Waals surface area contributed by atoms with Crippen molar-refractivity contribution < 1.29 is 0 Å². The summed E-state index contributed by atoms with van der Waals surface area (Å²) in [5, 5.41) is 6.97. The number of halogens is 1. The number of hydrogen-bond acceptors (Lipinski definition) is 2. The summed E-state index contributed by atoms with van der Waals surface area (Å²) in [7, 11) is 0. The molecule has 1 aliphatic carbocycles. The van der Waals surface area contributed by atoms with Crippen LogP contribution in [-0.4, -0.2) is 6.54 Å². The van der Waals surface area contributed by atoms with Gasteiger partial charge in [-0.05, 0) is 55.5 Å². The van der Waals surface area contributed by atoms with Crippen molar-refractivity contribution in [1.29, 1.82) is 0 Å². The van der Waals surface area contributed by atoms with Crippen molar-refractivity contribution in [2.24, 2.45) is 11.8 Å². The first-order valence-electron chi connectivity index (χ1n) is 8.14. The molecule has 1 unspecified atom stereocenters. The molecule has 0 amide bonds. The van der Waals surface area contributed by atoms with Crippen molar-refractivity contribution >= 4 is 22.9 Å². The Morgan fingerprint density at radius 3 is 2.50 bits per heavy atom. The monoisotopic (exact) mass is 313 g/mol. The molecule has 0 bridgehead atoms. The van der Waals surface area contributed by atoms with Gasteiger partial charge in [0.2, 0.25) is 0 Å². The third kappa shape index (κ3) is 3.78. The molecule has 1 nitrogen and oxygen atoms in total. The molecular weight excluding hydrogens is 286 g/mol. The Kier molecular flexibility index (Phi) is 6.38. The second-order valence-electron chi connectivity index (χ2n) is 6.22. The average molecular weight is 314 g/mol. The number of aryl methyl sites for hydroxylation is 1. The van der Waals surface area contributed by atoms with Crippen LogP contribution in [0.2, 0.25) is 5.02 Å². The van der Waals surface area contributed by atoms with Gasteiger partial charge in [0, 0.05) is 10.9 Å². The molecule has 0 aliphatic heterocycles. The van der Waals surface area contributed by atoms with Gasteiger partial charge >= 0.3 is 0 Å². The van der Waals surface area contributed by atoms with E-state index < -0.39 is 0 Å². The van der Waals surface area contributed by atoms with Crippen LogP contribution in [0.25, 0.3) is 0 Å². The van der Waals surface area contributed by atoms with Crippen molar-refractivity contribution in [1.82, 2.24) is 5.32 Å². The molecule has 1 N–H and O–H groups in total. The predicted molar refractivity (Wildman–Crippen MR) is 90.8 cm³/mol. The third-order valence-electron chi connectivity index (χ3n) is 4.76. The molecule has 1 aliphatic rings. The zero-order valence-electron chi connectivity index (χ0n) is 13.0. The molecule has 0 spiro atoms. The number of hydrogen-bond donors (Lipinski definition) is 1. The van der Waals surface area contributed by atoms with E-state index in [0.29, 0.717) is 6.04 Å². The van der Waals surface area contributed by atoms with Crippen LogP contribution in [0.4, 0.5) is 0 Å². The van der Waals surface area contributed by atoms with Crippen LogP contribution in [0.3, 0.4) is 0 Å². The Morgan fingerprint density at radius 2 is 2.00 bits per heavy atom. The summed E-state index contributed by atoms with van der Waals surface area (Å²) < 4.78 is 0. The lowest BCUT2D eigenvalue weighted by Crippen LogP contribution is -2.31. The lowest BCUT2D eigenvalue weighted by atomic mass is 9.77. The Hall–Kier alpha value is -0.0500. The quantitative estimate of drug-likeness (QED) is 0.682. The van der Waals surface area contributed by atoms with E-state index in [0.717, 1.165) is 23.4 Å². The minimum absolute atomic E-state index is 0.471. The van der Waals surface area contributed by atoms with E-state index in [1.807, 2.05) is 11.3 Å². The van der Waals surface area contributed by atoms with Crippen LogP contribution < -0.4 is 5.32 Å². The lowest BCUT2D eigenvalue weighted by molar-refractivity contribution is 0.220. The van der Waals surface area contributed by atoms with Crippen molar-refractivity contribution in [3.8, 4) is 0 Å². The summed E-state index contributed by atoms with van der Waals surface area (Å²) >= 11 is 8.37. The van der Waals surface area contributed by atoms with Crippen molar-refractivity contribution in [3.63, 3.8) is 0 Å². The van der Waals surface area contributed by atoms with Crippen molar-refractivity contribution in [2.45, 2.75) is 65.3 Å². The van der Waals surface area contributed by atoms with E-state index in [4.69, 9.17) is 11.6 Å². The van der Waals surface area contributed by atoms with Gasteiger partial charge in [-0.3, -0.25) is 0 Å². The zero-order chi connectivity index (χ0) is 14.5. The minimum atomic E-state index is 0.471. The SMILES string of the molecule is CCCNC(c1scc(C)c1Cl)C1CCC(CC)CC1. The van der Waals surface area contributed by atoms with Crippen molar-refractivity contribution in [3.05, 3.63) is 20.8 Å². The fourth-order valence-electron chi connectivity index (χ4n) is 3.36. The molecule has 1 fully saturated rings. The molecule has 20 heavy (non-hydrogen) atoms. The van der Waals surface area contributed by atoms with Crippen LogP contribution in [0.15, 0.2) is 5.38 Å². The zero-order valence-corrected chi connectivity index (χ0v) is 14.6. The molecule has 1 aromatic heterocycles. The van der Waals surface area contributed by atoms with Crippen LogP contribution >= 0.6 is 22.9 Å². The highest BCUT2D eigenvalue weighted by molar-refractivity contribution is 7.10. The van der Waals surface area contributed by atoms with E-state index >= 15 is 0 Å². The Bertz CT molecular complexity index is 407. The molecule has 1 aromatic rings. The molecule has 0 radical (unpaired) electrons. The molecule has 0 saturated heterocycles. The number of thiophene rings is 1. The van der Waals surface area contributed by atoms with Gasteiger partial charge in [0.25, 0.3) is 0 Å². The van der Waals surface area contributed by atoms with Crippen molar-refractivity contribution in [2.75, 3.05) is 6.54 Å². The van der Waals surface area contributed by atoms with E-state index in [1.54, 1.807) is 0 Å². The van der Waals surface area contributed by atoms with Gasteiger partial charge in [0.15, 0.2) is 0 Å². The molecule has 1 saturated carbocycles. The first kappa shape index (κ1) is 16.3. The summed E-state index contributed by atoms with van der Waals surface area (Å²) in [6.45, 7) is 7.77. The summed E-state index contributed by atoms with van der Waals surface area (Å²) in [6.07, 6.45) is 8.03. The highest BCUT2D eigenvalue weighted by Crippen LogP contribution is 2.42. The molecule has 114 valence electrons. The third-order valence-corrected chi connectivity index (χ3v) is 6.56. The second-order valence-corrected chi connectivity index (χ2v) is 7.51.